The van der Waals surface area contributed by atoms with Crippen molar-refractivity contribution in [2.24, 2.45) is 0 Å². The molecule has 0 atom stereocenters. The van der Waals surface area contributed by atoms with Crippen LogP contribution in [0.15, 0.2) is 30.3 Å². The number of aromatic nitrogens is 3. The van der Waals surface area contributed by atoms with Crippen LogP contribution in [-0.4, -0.2) is 14.8 Å². The highest BCUT2D eigenvalue weighted by molar-refractivity contribution is 5.56. The fourth-order valence-electron chi connectivity index (χ4n) is 1.56. The van der Waals surface area contributed by atoms with E-state index in [0.29, 0.717) is 5.95 Å². The molecule has 0 aliphatic rings. The second-order valence-electron chi connectivity index (χ2n) is 3.40. The molecule has 0 amide bonds. The largest absolute Gasteiger partial charge is 0.368 e. The van der Waals surface area contributed by atoms with Crippen molar-refractivity contribution in [3.8, 4) is 11.4 Å². The van der Waals surface area contributed by atoms with Gasteiger partial charge < -0.3 is 5.73 Å². The average Bonchev–Trinajstić information content (AvgIpc) is 2.63. The first-order valence-electron chi connectivity index (χ1n) is 5.07. The molecule has 0 unspecified atom stereocenters. The number of hydrogen-bond acceptors (Lipinski definition) is 3. The third-order valence-corrected chi connectivity index (χ3v) is 2.26. The van der Waals surface area contributed by atoms with Gasteiger partial charge in [-0.15, -0.1) is 10.2 Å². The van der Waals surface area contributed by atoms with Gasteiger partial charge >= 0.3 is 0 Å². The first-order chi connectivity index (χ1) is 7.33. The molecule has 0 aliphatic heterocycles. The Balaban J connectivity index is 2.44. The summed E-state index contributed by atoms with van der Waals surface area (Å²) in [5, 5.41) is 7.99. The first-order valence-corrected chi connectivity index (χ1v) is 5.07. The van der Waals surface area contributed by atoms with Gasteiger partial charge in [-0.05, 0) is 6.42 Å². The van der Waals surface area contributed by atoms with E-state index < -0.39 is 0 Å². The van der Waals surface area contributed by atoms with Crippen LogP contribution in [0.3, 0.4) is 0 Å². The molecule has 0 saturated heterocycles. The molecule has 2 aromatic rings. The number of benzene rings is 1. The zero-order valence-corrected chi connectivity index (χ0v) is 8.72. The Morgan fingerprint density at radius 3 is 2.60 bits per heavy atom. The summed E-state index contributed by atoms with van der Waals surface area (Å²) in [6.07, 6.45) is 1.02. The Hall–Kier alpha value is -1.84. The molecule has 0 fully saturated rings. The molecule has 0 radical (unpaired) electrons. The zero-order chi connectivity index (χ0) is 10.7. The standard InChI is InChI=1S/C11H14N4/c1-2-8-15-10(13-14-11(15)12)9-6-4-3-5-7-9/h3-7H,2,8H2,1H3,(H2,12,14). The predicted octanol–water partition coefficient (Wildman–Crippen LogP) is 1.94. The molecule has 0 saturated carbocycles. The molecule has 0 aliphatic carbocycles. The highest BCUT2D eigenvalue weighted by atomic mass is 15.3. The quantitative estimate of drug-likeness (QED) is 0.827. The topological polar surface area (TPSA) is 56.7 Å². The Morgan fingerprint density at radius 2 is 1.93 bits per heavy atom. The lowest BCUT2D eigenvalue weighted by molar-refractivity contribution is 0.691. The van der Waals surface area contributed by atoms with E-state index in [1.54, 1.807) is 0 Å². The third-order valence-electron chi connectivity index (χ3n) is 2.26. The van der Waals surface area contributed by atoms with Gasteiger partial charge in [0.25, 0.3) is 0 Å². The van der Waals surface area contributed by atoms with E-state index >= 15 is 0 Å². The van der Waals surface area contributed by atoms with Gasteiger partial charge in [0.05, 0.1) is 0 Å². The second kappa shape index (κ2) is 4.13. The van der Waals surface area contributed by atoms with Crippen LogP contribution in [-0.2, 0) is 6.54 Å². The van der Waals surface area contributed by atoms with Gasteiger partial charge in [0.2, 0.25) is 5.95 Å². The van der Waals surface area contributed by atoms with E-state index in [9.17, 15) is 0 Å². The van der Waals surface area contributed by atoms with Gasteiger partial charge in [0.15, 0.2) is 5.82 Å². The van der Waals surface area contributed by atoms with Crippen LogP contribution in [0.5, 0.6) is 0 Å². The van der Waals surface area contributed by atoms with Crippen molar-refractivity contribution in [3.05, 3.63) is 30.3 Å². The third kappa shape index (κ3) is 1.83. The van der Waals surface area contributed by atoms with Gasteiger partial charge in [-0.1, -0.05) is 37.3 Å². The van der Waals surface area contributed by atoms with Crippen molar-refractivity contribution < 1.29 is 0 Å². The lowest BCUT2D eigenvalue weighted by Gasteiger charge is -2.05. The van der Waals surface area contributed by atoms with Crippen molar-refractivity contribution in [1.82, 2.24) is 14.8 Å². The summed E-state index contributed by atoms with van der Waals surface area (Å²) in [4.78, 5) is 0. The van der Waals surface area contributed by atoms with Gasteiger partial charge in [-0.3, -0.25) is 4.57 Å². The van der Waals surface area contributed by atoms with Crippen LogP contribution in [0, 0.1) is 0 Å². The second-order valence-corrected chi connectivity index (χ2v) is 3.40. The molecule has 0 spiro atoms. The Kier molecular flexibility index (Phi) is 2.67. The highest BCUT2D eigenvalue weighted by Crippen LogP contribution is 2.18. The minimum Gasteiger partial charge on any atom is -0.368 e. The van der Waals surface area contributed by atoms with Crippen LogP contribution in [0.25, 0.3) is 11.4 Å². The number of nitrogens with two attached hydrogens (primary N) is 1. The van der Waals surface area contributed by atoms with Crippen molar-refractivity contribution in [1.29, 1.82) is 0 Å². The normalized spacial score (nSPS) is 10.5. The lowest BCUT2D eigenvalue weighted by atomic mass is 10.2. The minimum atomic E-state index is 0.482. The van der Waals surface area contributed by atoms with Crippen LogP contribution in [0.1, 0.15) is 13.3 Å². The molecule has 1 aromatic carbocycles. The number of hydrogen-bond donors (Lipinski definition) is 1. The Morgan fingerprint density at radius 1 is 1.20 bits per heavy atom. The van der Waals surface area contributed by atoms with Crippen molar-refractivity contribution >= 4 is 5.95 Å². The summed E-state index contributed by atoms with van der Waals surface area (Å²) in [5.74, 6) is 1.32. The first kappa shape index (κ1) is 9.71. The van der Waals surface area contributed by atoms with E-state index in [4.69, 9.17) is 5.73 Å². The van der Waals surface area contributed by atoms with Crippen LogP contribution in [0.4, 0.5) is 5.95 Å². The monoisotopic (exact) mass is 202 g/mol. The molecule has 2 N–H and O–H groups in total. The number of rotatable bonds is 3. The van der Waals surface area contributed by atoms with E-state index in [1.807, 2.05) is 34.9 Å². The zero-order valence-electron chi connectivity index (χ0n) is 8.72. The Bertz CT molecular complexity index is 433. The fraction of sp³-hybridized carbons (Fsp3) is 0.273. The van der Waals surface area contributed by atoms with Gasteiger partial charge in [-0.2, -0.15) is 0 Å². The highest BCUT2D eigenvalue weighted by Gasteiger charge is 2.09. The van der Waals surface area contributed by atoms with Gasteiger partial charge in [-0.25, -0.2) is 0 Å². The number of anilines is 1. The summed E-state index contributed by atoms with van der Waals surface area (Å²) in [7, 11) is 0. The fourth-order valence-corrected chi connectivity index (χ4v) is 1.56. The molecule has 1 heterocycles. The molecule has 4 nitrogen and oxygen atoms in total. The van der Waals surface area contributed by atoms with E-state index in [0.717, 1.165) is 24.4 Å². The minimum absolute atomic E-state index is 0.482. The maximum atomic E-state index is 5.75. The molecular weight excluding hydrogens is 188 g/mol. The molecule has 4 heteroatoms. The molecule has 0 bridgehead atoms. The van der Waals surface area contributed by atoms with E-state index in [-0.39, 0.29) is 0 Å². The van der Waals surface area contributed by atoms with E-state index in [1.165, 1.54) is 0 Å². The van der Waals surface area contributed by atoms with Crippen molar-refractivity contribution in [2.75, 3.05) is 5.73 Å². The van der Waals surface area contributed by atoms with Crippen LogP contribution < -0.4 is 5.73 Å². The predicted molar refractivity (Wildman–Crippen MR) is 60.2 cm³/mol. The van der Waals surface area contributed by atoms with Crippen LogP contribution in [0.2, 0.25) is 0 Å². The van der Waals surface area contributed by atoms with E-state index in [2.05, 4.69) is 17.1 Å². The van der Waals surface area contributed by atoms with Crippen LogP contribution >= 0.6 is 0 Å². The molecule has 2 rings (SSSR count). The van der Waals surface area contributed by atoms with Crippen molar-refractivity contribution in [3.63, 3.8) is 0 Å². The van der Waals surface area contributed by atoms with Gasteiger partial charge in [0, 0.05) is 12.1 Å². The summed E-state index contributed by atoms with van der Waals surface area (Å²) < 4.78 is 1.94. The summed E-state index contributed by atoms with van der Waals surface area (Å²) in [6, 6.07) is 9.96. The maximum Gasteiger partial charge on any atom is 0.222 e. The molecule has 1 aromatic heterocycles. The molecule has 15 heavy (non-hydrogen) atoms. The number of nitrogen functional groups attached to an aromatic ring is 1. The Labute approximate surface area is 88.8 Å². The summed E-state index contributed by atoms with van der Waals surface area (Å²) >= 11 is 0. The smallest absolute Gasteiger partial charge is 0.222 e. The molecular formula is C11H14N4. The summed E-state index contributed by atoms with van der Waals surface area (Å²) in [6.45, 7) is 2.96. The molecule has 78 valence electrons. The number of nitrogens with zero attached hydrogens (tertiary/aromatic N) is 3. The lowest BCUT2D eigenvalue weighted by Crippen LogP contribution is -2.04. The maximum absolute atomic E-state index is 5.75. The SMILES string of the molecule is CCCn1c(N)nnc1-c1ccccc1. The van der Waals surface area contributed by atoms with Crippen molar-refractivity contribution in [2.45, 2.75) is 19.9 Å². The summed E-state index contributed by atoms with van der Waals surface area (Å²) in [5.41, 5.74) is 6.81. The van der Waals surface area contributed by atoms with Gasteiger partial charge in [0.1, 0.15) is 0 Å². The average molecular weight is 202 g/mol.